The highest BCUT2D eigenvalue weighted by Crippen LogP contribution is 2.09. The van der Waals surface area contributed by atoms with Gasteiger partial charge in [0.1, 0.15) is 0 Å². The van der Waals surface area contributed by atoms with Gasteiger partial charge in [-0.1, -0.05) is 6.42 Å². The summed E-state index contributed by atoms with van der Waals surface area (Å²) in [5, 5.41) is 1.67. The number of hydroxylamine groups is 2. The first-order valence-corrected chi connectivity index (χ1v) is 4.42. The highest BCUT2D eigenvalue weighted by Gasteiger charge is 2.14. The molecule has 1 rings (SSSR count). The summed E-state index contributed by atoms with van der Waals surface area (Å²) in [7, 11) is 0. The van der Waals surface area contributed by atoms with Crippen molar-refractivity contribution in [1.29, 1.82) is 0 Å². The highest BCUT2D eigenvalue weighted by molar-refractivity contribution is 5.59. The predicted molar refractivity (Wildman–Crippen MR) is 43.5 cm³/mol. The molecule has 0 N–H and O–H groups in total. The predicted octanol–water partition coefficient (Wildman–Crippen LogP) is 1.56. The number of carbonyl (C=O) groups is 1. The van der Waals surface area contributed by atoms with Crippen molar-refractivity contribution in [2.75, 3.05) is 19.7 Å². The lowest BCUT2D eigenvalue weighted by Gasteiger charge is -2.23. The Bertz CT molecular complexity index is 143. The first-order chi connectivity index (χ1) is 5.83. The van der Waals surface area contributed by atoms with Gasteiger partial charge in [0, 0.05) is 13.1 Å². The second kappa shape index (κ2) is 4.98. The lowest BCUT2D eigenvalue weighted by Crippen LogP contribution is -2.32. The minimum absolute atomic E-state index is 0.368. The van der Waals surface area contributed by atoms with Crippen LogP contribution in [-0.4, -0.2) is 30.9 Å². The van der Waals surface area contributed by atoms with E-state index in [4.69, 9.17) is 4.84 Å². The van der Waals surface area contributed by atoms with Crippen LogP contribution in [0, 0.1) is 0 Å². The molecule has 0 bridgehead atoms. The van der Waals surface area contributed by atoms with E-state index in [1.165, 1.54) is 6.42 Å². The monoisotopic (exact) mass is 173 g/mol. The van der Waals surface area contributed by atoms with E-state index in [9.17, 15) is 4.79 Å². The molecule has 1 fully saturated rings. The van der Waals surface area contributed by atoms with Crippen LogP contribution in [-0.2, 0) is 9.57 Å². The summed E-state index contributed by atoms with van der Waals surface area (Å²) < 4.78 is 4.64. The summed E-state index contributed by atoms with van der Waals surface area (Å²) in [6.07, 6.45) is 2.83. The molecule has 1 saturated heterocycles. The third kappa shape index (κ3) is 3.09. The van der Waals surface area contributed by atoms with E-state index < -0.39 is 6.16 Å². The number of hydrogen-bond acceptors (Lipinski definition) is 4. The van der Waals surface area contributed by atoms with Crippen LogP contribution in [0.3, 0.4) is 0 Å². The number of piperidine rings is 1. The van der Waals surface area contributed by atoms with E-state index in [2.05, 4.69) is 4.74 Å². The zero-order valence-corrected chi connectivity index (χ0v) is 7.41. The Balaban J connectivity index is 2.15. The second-order valence-electron chi connectivity index (χ2n) is 2.76. The first-order valence-electron chi connectivity index (χ1n) is 4.42. The van der Waals surface area contributed by atoms with E-state index in [0.29, 0.717) is 6.61 Å². The van der Waals surface area contributed by atoms with Gasteiger partial charge in [-0.2, -0.15) is 0 Å². The third-order valence-electron chi connectivity index (χ3n) is 1.78. The zero-order chi connectivity index (χ0) is 8.81. The Labute approximate surface area is 72.4 Å². The molecule has 70 valence electrons. The quantitative estimate of drug-likeness (QED) is 0.594. The van der Waals surface area contributed by atoms with E-state index in [1.54, 1.807) is 12.0 Å². The number of nitrogens with zero attached hydrogens (tertiary/aromatic N) is 1. The van der Waals surface area contributed by atoms with Gasteiger partial charge in [0.25, 0.3) is 0 Å². The molecule has 0 radical (unpaired) electrons. The molecule has 0 spiro atoms. The Morgan fingerprint density at radius 1 is 1.33 bits per heavy atom. The van der Waals surface area contributed by atoms with Crippen LogP contribution in [0.4, 0.5) is 4.79 Å². The van der Waals surface area contributed by atoms with E-state index >= 15 is 0 Å². The molecule has 0 aromatic heterocycles. The molecule has 0 aliphatic carbocycles. The lowest BCUT2D eigenvalue weighted by atomic mass is 10.2. The maximum atomic E-state index is 10.8. The zero-order valence-electron chi connectivity index (χ0n) is 7.41. The average Bonchev–Trinajstić information content (AvgIpc) is 2.06. The maximum Gasteiger partial charge on any atom is 0.527 e. The van der Waals surface area contributed by atoms with Gasteiger partial charge in [0.05, 0.1) is 6.61 Å². The molecular weight excluding hydrogens is 158 g/mol. The standard InChI is InChI=1S/C8H15NO3/c1-2-11-8(10)12-9-6-4-3-5-7-9/h2-7H2,1H3. The third-order valence-corrected chi connectivity index (χ3v) is 1.78. The van der Waals surface area contributed by atoms with E-state index in [-0.39, 0.29) is 0 Å². The van der Waals surface area contributed by atoms with Crippen LogP contribution in [0.1, 0.15) is 26.2 Å². The first kappa shape index (κ1) is 9.32. The van der Waals surface area contributed by atoms with Gasteiger partial charge in [-0.05, 0) is 19.8 Å². The van der Waals surface area contributed by atoms with Crippen molar-refractivity contribution in [2.45, 2.75) is 26.2 Å². The normalized spacial score (nSPS) is 18.8. The van der Waals surface area contributed by atoms with Crippen LogP contribution in [0.2, 0.25) is 0 Å². The average molecular weight is 173 g/mol. The summed E-state index contributed by atoms with van der Waals surface area (Å²) in [4.78, 5) is 15.7. The molecule has 0 aromatic carbocycles. The Hall–Kier alpha value is -0.770. The van der Waals surface area contributed by atoms with E-state index in [1.807, 2.05) is 0 Å². The Morgan fingerprint density at radius 2 is 2.00 bits per heavy atom. The van der Waals surface area contributed by atoms with Gasteiger partial charge >= 0.3 is 6.16 Å². The molecule has 12 heavy (non-hydrogen) atoms. The Kier molecular flexibility index (Phi) is 3.87. The number of carbonyl (C=O) groups excluding carboxylic acids is 1. The SMILES string of the molecule is CCOC(=O)ON1CCCCC1. The maximum absolute atomic E-state index is 10.8. The van der Waals surface area contributed by atoms with Crippen molar-refractivity contribution < 1.29 is 14.4 Å². The summed E-state index contributed by atoms with van der Waals surface area (Å²) in [6, 6.07) is 0. The minimum atomic E-state index is -0.584. The lowest BCUT2D eigenvalue weighted by molar-refractivity contribution is -0.136. The van der Waals surface area contributed by atoms with Crippen molar-refractivity contribution in [1.82, 2.24) is 5.06 Å². The highest BCUT2D eigenvalue weighted by atomic mass is 16.8. The largest absolute Gasteiger partial charge is 0.527 e. The molecule has 1 aliphatic heterocycles. The summed E-state index contributed by atoms with van der Waals surface area (Å²) in [6.45, 7) is 3.79. The fraction of sp³-hybridized carbons (Fsp3) is 0.875. The van der Waals surface area contributed by atoms with Crippen molar-refractivity contribution in [2.24, 2.45) is 0 Å². The minimum Gasteiger partial charge on any atom is -0.433 e. The number of hydrogen-bond donors (Lipinski definition) is 0. The summed E-state index contributed by atoms with van der Waals surface area (Å²) >= 11 is 0. The fourth-order valence-corrected chi connectivity index (χ4v) is 1.21. The van der Waals surface area contributed by atoms with Crippen LogP contribution < -0.4 is 0 Å². The molecule has 0 atom stereocenters. The van der Waals surface area contributed by atoms with Crippen molar-refractivity contribution >= 4 is 6.16 Å². The van der Waals surface area contributed by atoms with Crippen molar-refractivity contribution in [3.63, 3.8) is 0 Å². The van der Waals surface area contributed by atoms with Gasteiger partial charge in [-0.15, -0.1) is 5.06 Å². The molecule has 1 aliphatic rings. The molecular formula is C8H15NO3. The van der Waals surface area contributed by atoms with Gasteiger partial charge in [0.2, 0.25) is 0 Å². The molecule has 0 unspecified atom stereocenters. The molecule has 1 heterocycles. The number of rotatable bonds is 2. The summed E-state index contributed by atoms with van der Waals surface area (Å²) in [5.74, 6) is 0. The molecule has 4 nitrogen and oxygen atoms in total. The molecule has 0 saturated carbocycles. The van der Waals surface area contributed by atoms with Crippen molar-refractivity contribution in [3.8, 4) is 0 Å². The fourth-order valence-electron chi connectivity index (χ4n) is 1.21. The van der Waals surface area contributed by atoms with Crippen LogP contribution in [0.15, 0.2) is 0 Å². The van der Waals surface area contributed by atoms with Gasteiger partial charge < -0.3 is 9.57 Å². The molecule has 0 aromatic rings. The van der Waals surface area contributed by atoms with Gasteiger partial charge in [0.15, 0.2) is 0 Å². The summed E-state index contributed by atoms with van der Waals surface area (Å²) in [5.41, 5.74) is 0. The van der Waals surface area contributed by atoms with Gasteiger partial charge in [-0.3, -0.25) is 0 Å². The van der Waals surface area contributed by atoms with Crippen LogP contribution in [0.5, 0.6) is 0 Å². The second-order valence-corrected chi connectivity index (χ2v) is 2.76. The van der Waals surface area contributed by atoms with Crippen molar-refractivity contribution in [3.05, 3.63) is 0 Å². The molecule has 0 amide bonds. The topological polar surface area (TPSA) is 38.8 Å². The van der Waals surface area contributed by atoms with E-state index in [0.717, 1.165) is 25.9 Å². The van der Waals surface area contributed by atoms with Gasteiger partial charge in [-0.25, -0.2) is 4.79 Å². The van der Waals surface area contributed by atoms with Crippen LogP contribution >= 0.6 is 0 Å². The molecule has 4 heteroatoms. The van der Waals surface area contributed by atoms with Crippen LogP contribution in [0.25, 0.3) is 0 Å². The number of ether oxygens (including phenoxy) is 1. The smallest absolute Gasteiger partial charge is 0.433 e. The Morgan fingerprint density at radius 3 is 2.58 bits per heavy atom.